The molecular weight excluding hydrogens is 353 g/mol. The standard InChI is InChI=1S/C14H12Cl3NO2S/c1-9(10-5-2-3-6-11(10)15)18-21(19,20)14-12(16)7-4-8-13(14)17/h2-9,18H,1H3. The molecule has 1 N–H and O–H groups in total. The van der Waals surface area contributed by atoms with Gasteiger partial charge in [0.15, 0.2) is 0 Å². The fourth-order valence-electron chi connectivity index (χ4n) is 1.92. The molecule has 0 aliphatic rings. The van der Waals surface area contributed by atoms with E-state index in [9.17, 15) is 8.42 Å². The van der Waals surface area contributed by atoms with Gasteiger partial charge in [0.25, 0.3) is 0 Å². The third-order valence-corrected chi connectivity index (χ3v) is 5.73. The summed E-state index contributed by atoms with van der Waals surface area (Å²) < 4.78 is 27.4. The average molecular weight is 365 g/mol. The fraction of sp³-hybridized carbons (Fsp3) is 0.143. The first kappa shape index (κ1) is 16.6. The summed E-state index contributed by atoms with van der Waals surface area (Å²) in [6, 6.07) is 11.0. The summed E-state index contributed by atoms with van der Waals surface area (Å²) in [6.45, 7) is 1.70. The van der Waals surface area contributed by atoms with Crippen molar-refractivity contribution < 1.29 is 8.42 Å². The molecule has 0 heterocycles. The van der Waals surface area contributed by atoms with Crippen LogP contribution in [0.1, 0.15) is 18.5 Å². The maximum absolute atomic E-state index is 12.4. The van der Waals surface area contributed by atoms with Crippen molar-refractivity contribution in [2.75, 3.05) is 0 Å². The Bertz CT molecular complexity index is 742. The fourth-order valence-corrected chi connectivity index (χ4v) is 4.59. The Kier molecular flexibility index (Phi) is 5.17. The first-order valence-corrected chi connectivity index (χ1v) is 8.65. The third kappa shape index (κ3) is 3.71. The molecule has 0 saturated carbocycles. The molecule has 0 fully saturated rings. The van der Waals surface area contributed by atoms with Crippen molar-refractivity contribution in [3.63, 3.8) is 0 Å². The second kappa shape index (κ2) is 6.55. The Morgan fingerprint density at radius 2 is 1.43 bits per heavy atom. The maximum atomic E-state index is 12.4. The third-order valence-electron chi connectivity index (χ3n) is 2.89. The van der Waals surface area contributed by atoms with Crippen molar-refractivity contribution in [1.82, 2.24) is 4.72 Å². The number of hydrogen-bond donors (Lipinski definition) is 1. The van der Waals surface area contributed by atoms with E-state index in [1.165, 1.54) is 12.1 Å². The summed E-state index contributed by atoms with van der Waals surface area (Å²) in [5.74, 6) is 0. The predicted octanol–water partition coefficient (Wildman–Crippen LogP) is 4.69. The topological polar surface area (TPSA) is 46.2 Å². The summed E-state index contributed by atoms with van der Waals surface area (Å²) in [6.07, 6.45) is 0. The van der Waals surface area contributed by atoms with Gasteiger partial charge in [-0.15, -0.1) is 0 Å². The minimum Gasteiger partial charge on any atom is -0.207 e. The summed E-state index contributed by atoms with van der Waals surface area (Å²) in [4.78, 5) is -0.132. The Labute approximate surface area is 138 Å². The van der Waals surface area contributed by atoms with Crippen LogP contribution in [0.4, 0.5) is 0 Å². The Morgan fingerprint density at radius 1 is 0.905 bits per heavy atom. The molecule has 0 aromatic heterocycles. The molecule has 0 spiro atoms. The van der Waals surface area contributed by atoms with E-state index in [0.29, 0.717) is 10.6 Å². The summed E-state index contributed by atoms with van der Waals surface area (Å²) in [7, 11) is -3.86. The number of hydrogen-bond acceptors (Lipinski definition) is 2. The molecule has 0 aliphatic carbocycles. The molecule has 112 valence electrons. The normalized spacial score (nSPS) is 13.1. The van der Waals surface area contributed by atoms with Gasteiger partial charge in [-0.2, -0.15) is 0 Å². The van der Waals surface area contributed by atoms with Gasteiger partial charge in [-0.25, -0.2) is 13.1 Å². The van der Waals surface area contributed by atoms with E-state index < -0.39 is 16.1 Å². The average Bonchev–Trinajstić information content (AvgIpc) is 2.37. The van der Waals surface area contributed by atoms with Crippen LogP contribution in [-0.4, -0.2) is 8.42 Å². The lowest BCUT2D eigenvalue weighted by atomic mass is 10.1. The van der Waals surface area contributed by atoms with Gasteiger partial charge in [-0.1, -0.05) is 59.1 Å². The summed E-state index contributed by atoms with van der Waals surface area (Å²) in [5.41, 5.74) is 0.672. The van der Waals surface area contributed by atoms with E-state index in [-0.39, 0.29) is 14.9 Å². The molecular formula is C14H12Cl3NO2S. The van der Waals surface area contributed by atoms with Crippen LogP contribution < -0.4 is 4.72 Å². The van der Waals surface area contributed by atoms with E-state index in [2.05, 4.69) is 4.72 Å². The van der Waals surface area contributed by atoms with Crippen LogP contribution in [0.25, 0.3) is 0 Å². The molecule has 2 rings (SSSR count). The summed E-state index contributed by atoms with van der Waals surface area (Å²) in [5, 5.41) is 0.626. The van der Waals surface area contributed by atoms with Gasteiger partial charge in [0.1, 0.15) is 4.90 Å². The van der Waals surface area contributed by atoms with E-state index in [0.717, 1.165) is 0 Å². The predicted molar refractivity (Wildman–Crippen MR) is 86.7 cm³/mol. The summed E-state index contributed by atoms with van der Waals surface area (Å²) >= 11 is 18.0. The van der Waals surface area contributed by atoms with Crippen molar-refractivity contribution in [2.45, 2.75) is 17.9 Å². The lowest BCUT2D eigenvalue weighted by Crippen LogP contribution is -2.27. The quantitative estimate of drug-likeness (QED) is 0.855. The lowest BCUT2D eigenvalue weighted by molar-refractivity contribution is 0.567. The zero-order valence-electron chi connectivity index (χ0n) is 11.0. The van der Waals surface area contributed by atoms with Crippen molar-refractivity contribution in [1.29, 1.82) is 0 Å². The molecule has 0 radical (unpaired) electrons. The second-order valence-electron chi connectivity index (χ2n) is 4.42. The van der Waals surface area contributed by atoms with Gasteiger partial charge in [0.05, 0.1) is 10.0 Å². The monoisotopic (exact) mass is 363 g/mol. The Balaban J connectivity index is 2.36. The largest absolute Gasteiger partial charge is 0.244 e. The van der Waals surface area contributed by atoms with E-state index in [4.69, 9.17) is 34.8 Å². The van der Waals surface area contributed by atoms with Gasteiger partial charge in [0.2, 0.25) is 10.0 Å². The van der Waals surface area contributed by atoms with Crippen LogP contribution in [0.3, 0.4) is 0 Å². The molecule has 0 bridgehead atoms. The number of benzene rings is 2. The van der Waals surface area contributed by atoms with Crippen LogP contribution in [0, 0.1) is 0 Å². The number of halogens is 3. The highest BCUT2D eigenvalue weighted by atomic mass is 35.5. The van der Waals surface area contributed by atoms with Crippen molar-refractivity contribution in [3.05, 3.63) is 63.1 Å². The minimum absolute atomic E-state index is 0.0707. The SMILES string of the molecule is CC(NS(=O)(=O)c1c(Cl)cccc1Cl)c1ccccc1Cl. The van der Waals surface area contributed by atoms with Gasteiger partial charge in [-0.05, 0) is 30.7 Å². The molecule has 21 heavy (non-hydrogen) atoms. The van der Waals surface area contributed by atoms with Crippen LogP contribution in [-0.2, 0) is 10.0 Å². The van der Waals surface area contributed by atoms with Gasteiger partial charge in [-0.3, -0.25) is 0 Å². The van der Waals surface area contributed by atoms with Crippen LogP contribution in [0.5, 0.6) is 0 Å². The van der Waals surface area contributed by atoms with E-state index in [1.807, 2.05) is 0 Å². The zero-order valence-corrected chi connectivity index (χ0v) is 14.1. The number of nitrogens with one attached hydrogen (secondary N) is 1. The molecule has 2 aromatic rings. The van der Waals surface area contributed by atoms with Crippen LogP contribution in [0.15, 0.2) is 47.4 Å². The highest BCUT2D eigenvalue weighted by molar-refractivity contribution is 7.89. The van der Waals surface area contributed by atoms with Gasteiger partial charge < -0.3 is 0 Å². The first-order valence-electron chi connectivity index (χ1n) is 6.03. The molecule has 2 aromatic carbocycles. The minimum atomic E-state index is -3.86. The number of rotatable bonds is 4. The molecule has 0 saturated heterocycles. The highest BCUT2D eigenvalue weighted by Gasteiger charge is 2.24. The van der Waals surface area contributed by atoms with Crippen molar-refractivity contribution >= 4 is 44.8 Å². The van der Waals surface area contributed by atoms with Crippen LogP contribution >= 0.6 is 34.8 Å². The zero-order chi connectivity index (χ0) is 15.6. The van der Waals surface area contributed by atoms with Gasteiger partial charge in [0, 0.05) is 11.1 Å². The molecule has 0 aliphatic heterocycles. The lowest BCUT2D eigenvalue weighted by Gasteiger charge is -2.17. The molecule has 0 amide bonds. The van der Waals surface area contributed by atoms with E-state index in [1.54, 1.807) is 37.3 Å². The second-order valence-corrected chi connectivity index (χ2v) is 7.29. The molecule has 1 atom stereocenters. The number of sulfonamides is 1. The first-order chi connectivity index (χ1) is 9.83. The molecule has 1 unspecified atom stereocenters. The molecule has 7 heteroatoms. The van der Waals surface area contributed by atoms with E-state index >= 15 is 0 Å². The highest BCUT2D eigenvalue weighted by Crippen LogP contribution is 2.31. The smallest absolute Gasteiger partial charge is 0.207 e. The van der Waals surface area contributed by atoms with Crippen molar-refractivity contribution in [3.8, 4) is 0 Å². The van der Waals surface area contributed by atoms with Crippen molar-refractivity contribution in [2.24, 2.45) is 0 Å². The Hall–Kier alpha value is -0.780. The van der Waals surface area contributed by atoms with Gasteiger partial charge >= 0.3 is 0 Å². The maximum Gasteiger partial charge on any atom is 0.244 e. The van der Waals surface area contributed by atoms with Crippen LogP contribution in [0.2, 0.25) is 15.1 Å². The molecule has 3 nitrogen and oxygen atoms in total. The Morgan fingerprint density at radius 3 is 2.00 bits per heavy atom.